The second kappa shape index (κ2) is 10.1. The van der Waals surface area contributed by atoms with Crippen molar-refractivity contribution in [2.75, 3.05) is 11.9 Å². The van der Waals surface area contributed by atoms with Gasteiger partial charge in [-0.1, -0.05) is 96.2 Å². The van der Waals surface area contributed by atoms with Crippen molar-refractivity contribution in [2.24, 2.45) is 5.16 Å². The highest BCUT2D eigenvalue weighted by atomic mass is 32.1. The second-order valence-electron chi connectivity index (χ2n) is 7.07. The first-order valence-electron chi connectivity index (χ1n) is 10.4. The molecule has 1 aromatic heterocycles. The fraction of sp³-hybridized carbons (Fsp3) is 0.120. The van der Waals surface area contributed by atoms with Crippen molar-refractivity contribution in [1.82, 2.24) is 9.36 Å². The maximum atomic E-state index is 12.1. The molecule has 4 aromatic rings. The van der Waals surface area contributed by atoms with Gasteiger partial charge < -0.3 is 15.3 Å². The van der Waals surface area contributed by atoms with Crippen molar-refractivity contribution >= 4 is 28.3 Å². The number of benzene rings is 3. The molecule has 0 saturated carbocycles. The maximum absolute atomic E-state index is 12.1. The zero-order valence-electron chi connectivity index (χ0n) is 17.9. The molecule has 0 unspecified atom stereocenters. The average molecular weight is 459 g/mol. The molecule has 2 N–H and O–H groups in total. The largest absolute Gasteiger partial charge is 0.461 e. The lowest BCUT2D eigenvalue weighted by Gasteiger charge is -2.36. The first kappa shape index (κ1) is 22.2. The summed E-state index contributed by atoms with van der Waals surface area (Å²) in [5.41, 5.74) is 1.87. The smallest absolute Gasteiger partial charge is 0.364 e. The molecule has 0 aliphatic rings. The van der Waals surface area contributed by atoms with Crippen LogP contribution in [0.3, 0.4) is 0 Å². The molecule has 4 rings (SSSR count). The van der Waals surface area contributed by atoms with Crippen LogP contribution in [0.15, 0.2) is 96.2 Å². The SMILES string of the molecule is CCOC(=O)C(=NO)c1nsc(NC(c2ccccc2)(c2ccccc2)c2ccccc2)n1. The number of oxime groups is 1. The molecule has 0 fully saturated rings. The van der Waals surface area contributed by atoms with Crippen molar-refractivity contribution in [3.05, 3.63) is 114 Å². The number of nitrogens with zero attached hydrogens (tertiary/aromatic N) is 3. The Balaban J connectivity index is 1.86. The topological polar surface area (TPSA) is 96.7 Å². The van der Waals surface area contributed by atoms with E-state index in [0.29, 0.717) is 5.13 Å². The zero-order chi connectivity index (χ0) is 23.1. The molecule has 33 heavy (non-hydrogen) atoms. The third-order valence-corrected chi connectivity index (χ3v) is 5.75. The Bertz CT molecular complexity index is 1130. The van der Waals surface area contributed by atoms with Gasteiger partial charge in [0.1, 0.15) is 5.54 Å². The summed E-state index contributed by atoms with van der Waals surface area (Å²) in [6.45, 7) is 1.81. The highest BCUT2D eigenvalue weighted by Crippen LogP contribution is 2.40. The standard InChI is InChI=1S/C25H22N4O3S/c1-2-32-23(30)21(28-31)22-26-24(33-29-22)27-25(18-12-6-3-7-13-18,19-14-8-4-9-15-19)20-16-10-5-11-17-20/h3-17,31H,2H2,1H3,(H,26,27,29). The van der Waals surface area contributed by atoms with Crippen molar-refractivity contribution in [3.63, 3.8) is 0 Å². The van der Waals surface area contributed by atoms with Gasteiger partial charge in [-0.2, -0.15) is 9.36 Å². The molecule has 3 aromatic carbocycles. The van der Waals surface area contributed by atoms with Gasteiger partial charge in [0.25, 0.3) is 0 Å². The molecule has 166 valence electrons. The summed E-state index contributed by atoms with van der Waals surface area (Å²) in [6, 6.07) is 30.1. The van der Waals surface area contributed by atoms with Gasteiger partial charge in [-0.3, -0.25) is 0 Å². The van der Waals surface area contributed by atoms with E-state index in [0.717, 1.165) is 28.2 Å². The summed E-state index contributed by atoms with van der Waals surface area (Å²) in [5, 5.41) is 16.4. The molecular weight excluding hydrogens is 436 g/mol. The fourth-order valence-corrected chi connectivity index (χ4v) is 4.31. The number of rotatable bonds is 8. The van der Waals surface area contributed by atoms with Crippen LogP contribution in [-0.4, -0.2) is 32.9 Å². The first-order chi connectivity index (χ1) is 16.2. The first-order valence-corrected chi connectivity index (χ1v) is 11.1. The third kappa shape index (κ3) is 4.47. The van der Waals surface area contributed by atoms with Crippen molar-refractivity contribution in [3.8, 4) is 0 Å². The maximum Gasteiger partial charge on any atom is 0.364 e. The molecule has 0 saturated heterocycles. The number of esters is 1. The molecule has 0 amide bonds. The Morgan fingerprint density at radius 2 is 1.42 bits per heavy atom. The van der Waals surface area contributed by atoms with Gasteiger partial charge in [0.2, 0.25) is 16.7 Å². The van der Waals surface area contributed by atoms with Gasteiger partial charge in [-0.25, -0.2) is 4.79 Å². The summed E-state index contributed by atoms with van der Waals surface area (Å²) in [7, 11) is 0. The van der Waals surface area contributed by atoms with Crippen LogP contribution in [-0.2, 0) is 15.1 Å². The van der Waals surface area contributed by atoms with Crippen LogP contribution in [0.4, 0.5) is 5.13 Å². The van der Waals surface area contributed by atoms with Crippen LogP contribution in [0.1, 0.15) is 29.4 Å². The molecule has 0 aliphatic heterocycles. The molecule has 8 heteroatoms. The number of nitrogens with one attached hydrogen (secondary N) is 1. The minimum absolute atomic E-state index is 0.00784. The molecular formula is C25H22N4O3S. The number of ether oxygens (including phenoxy) is 1. The summed E-state index contributed by atoms with van der Waals surface area (Å²) in [6.07, 6.45) is 0. The molecule has 1 heterocycles. The number of hydrogen-bond acceptors (Lipinski definition) is 8. The van der Waals surface area contributed by atoms with Gasteiger partial charge in [0.05, 0.1) is 6.61 Å². The minimum atomic E-state index is -0.791. The van der Waals surface area contributed by atoms with E-state index in [4.69, 9.17) is 4.74 Å². The van der Waals surface area contributed by atoms with E-state index < -0.39 is 11.5 Å². The normalized spacial score (nSPS) is 11.7. The molecule has 0 spiro atoms. The van der Waals surface area contributed by atoms with Crippen molar-refractivity contribution in [2.45, 2.75) is 12.5 Å². The predicted molar refractivity (Wildman–Crippen MR) is 128 cm³/mol. The number of anilines is 1. The minimum Gasteiger partial charge on any atom is -0.461 e. The van der Waals surface area contributed by atoms with E-state index in [-0.39, 0.29) is 18.1 Å². The predicted octanol–water partition coefficient (Wildman–Crippen LogP) is 4.68. The van der Waals surface area contributed by atoms with E-state index in [1.807, 2.05) is 91.0 Å². The van der Waals surface area contributed by atoms with Gasteiger partial charge in [-0.15, -0.1) is 0 Å². The van der Waals surface area contributed by atoms with Gasteiger partial charge >= 0.3 is 5.97 Å². The summed E-state index contributed by atoms with van der Waals surface area (Å²) in [5.74, 6) is -0.795. The Kier molecular flexibility index (Phi) is 6.75. The fourth-order valence-electron chi connectivity index (χ4n) is 3.69. The molecule has 0 radical (unpaired) electrons. The van der Waals surface area contributed by atoms with Crippen molar-refractivity contribution in [1.29, 1.82) is 0 Å². The number of carbonyl (C=O) groups excluding carboxylic acids is 1. The second-order valence-corrected chi connectivity index (χ2v) is 7.82. The Morgan fingerprint density at radius 3 is 1.85 bits per heavy atom. The van der Waals surface area contributed by atoms with E-state index in [9.17, 15) is 10.0 Å². The van der Waals surface area contributed by atoms with Crippen LogP contribution >= 0.6 is 11.5 Å². The summed E-state index contributed by atoms with van der Waals surface area (Å²) >= 11 is 1.07. The summed E-state index contributed by atoms with van der Waals surface area (Å²) in [4.78, 5) is 16.6. The molecule has 0 bridgehead atoms. The lowest BCUT2D eigenvalue weighted by atomic mass is 9.77. The molecule has 0 atom stereocenters. The highest BCUT2D eigenvalue weighted by Gasteiger charge is 2.37. The van der Waals surface area contributed by atoms with E-state index in [2.05, 4.69) is 19.8 Å². The highest BCUT2D eigenvalue weighted by molar-refractivity contribution is 7.09. The van der Waals surface area contributed by atoms with E-state index >= 15 is 0 Å². The monoisotopic (exact) mass is 458 g/mol. The molecule has 0 aliphatic carbocycles. The number of aromatic nitrogens is 2. The van der Waals surface area contributed by atoms with Gasteiger partial charge in [0, 0.05) is 11.5 Å². The average Bonchev–Trinajstić information content (AvgIpc) is 3.33. The van der Waals surface area contributed by atoms with E-state index in [1.165, 1.54) is 0 Å². The number of hydrogen-bond donors (Lipinski definition) is 2. The van der Waals surface area contributed by atoms with Crippen LogP contribution < -0.4 is 5.32 Å². The van der Waals surface area contributed by atoms with Gasteiger partial charge in [-0.05, 0) is 23.6 Å². The van der Waals surface area contributed by atoms with Crippen molar-refractivity contribution < 1.29 is 14.7 Å². The van der Waals surface area contributed by atoms with Crippen LogP contribution in [0.2, 0.25) is 0 Å². The Morgan fingerprint density at radius 1 is 0.939 bits per heavy atom. The zero-order valence-corrected chi connectivity index (χ0v) is 18.7. The van der Waals surface area contributed by atoms with Crippen LogP contribution in [0, 0.1) is 0 Å². The Labute approximate surface area is 195 Å². The lowest BCUT2D eigenvalue weighted by molar-refractivity contribution is -0.135. The van der Waals surface area contributed by atoms with Crippen LogP contribution in [0.5, 0.6) is 0 Å². The third-order valence-electron chi connectivity index (χ3n) is 5.12. The summed E-state index contributed by atoms with van der Waals surface area (Å²) < 4.78 is 9.17. The quantitative estimate of drug-likeness (QED) is 0.131. The lowest BCUT2D eigenvalue weighted by Crippen LogP contribution is -2.38. The molecule has 7 nitrogen and oxygen atoms in total. The number of carbonyl (C=O) groups is 1. The Hall–Kier alpha value is -4.04. The van der Waals surface area contributed by atoms with Gasteiger partial charge in [0.15, 0.2) is 0 Å². The van der Waals surface area contributed by atoms with Crippen LogP contribution in [0.25, 0.3) is 0 Å². The van der Waals surface area contributed by atoms with E-state index in [1.54, 1.807) is 6.92 Å².